The van der Waals surface area contributed by atoms with Crippen molar-refractivity contribution in [2.45, 2.75) is 33.2 Å². The van der Waals surface area contributed by atoms with Crippen molar-refractivity contribution in [2.75, 3.05) is 0 Å². The van der Waals surface area contributed by atoms with Crippen molar-refractivity contribution in [2.24, 2.45) is 5.92 Å². The van der Waals surface area contributed by atoms with Crippen molar-refractivity contribution in [1.82, 2.24) is 19.5 Å². The lowest BCUT2D eigenvalue weighted by Gasteiger charge is -2.15. The Morgan fingerprint density at radius 2 is 1.95 bits per heavy atom. The monoisotopic (exact) mass is 312 g/mol. The SMILES string of the molecule is CC(C)Cc1ccc(-c2nccn2C(C)c2ccncn2)s1. The van der Waals surface area contributed by atoms with Crippen LogP contribution in [0.3, 0.4) is 0 Å². The molecule has 0 amide bonds. The van der Waals surface area contributed by atoms with E-state index < -0.39 is 0 Å². The predicted octanol–water partition coefficient (Wildman–Crippen LogP) is 4.21. The largest absolute Gasteiger partial charge is 0.322 e. The van der Waals surface area contributed by atoms with Gasteiger partial charge in [-0.25, -0.2) is 15.0 Å². The first kappa shape index (κ1) is 14.9. The van der Waals surface area contributed by atoms with E-state index in [0.717, 1.165) is 17.9 Å². The molecule has 0 aromatic carbocycles. The summed E-state index contributed by atoms with van der Waals surface area (Å²) in [6.07, 6.45) is 8.36. The van der Waals surface area contributed by atoms with Crippen LogP contribution >= 0.6 is 11.3 Å². The minimum Gasteiger partial charge on any atom is -0.322 e. The summed E-state index contributed by atoms with van der Waals surface area (Å²) in [6, 6.07) is 6.48. The number of thiophene rings is 1. The van der Waals surface area contributed by atoms with Gasteiger partial charge in [-0.3, -0.25) is 0 Å². The Hall–Kier alpha value is -2.01. The van der Waals surface area contributed by atoms with E-state index in [9.17, 15) is 0 Å². The topological polar surface area (TPSA) is 43.6 Å². The molecule has 0 bridgehead atoms. The molecule has 3 aromatic rings. The fourth-order valence-electron chi connectivity index (χ4n) is 2.52. The molecule has 0 spiro atoms. The number of nitrogens with zero attached hydrogens (tertiary/aromatic N) is 4. The van der Waals surface area contributed by atoms with Crippen molar-refractivity contribution in [3.63, 3.8) is 0 Å². The number of rotatable bonds is 5. The molecule has 22 heavy (non-hydrogen) atoms. The van der Waals surface area contributed by atoms with Crippen LogP contribution in [0, 0.1) is 5.92 Å². The van der Waals surface area contributed by atoms with Gasteiger partial charge in [-0.15, -0.1) is 11.3 Å². The molecule has 3 aromatic heterocycles. The van der Waals surface area contributed by atoms with Gasteiger partial charge in [0.1, 0.15) is 6.33 Å². The third-order valence-electron chi connectivity index (χ3n) is 3.61. The first-order valence-electron chi connectivity index (χ1n) is 7.53. The molecule has 5 heteroatoms. The second-order valence-corrected chi connectivity index (χ2v) is 7.00. The fraction of sp³-hybridized carbons (Fsp3) is 0.353. The molecule has 0 aliphatic carbocycles. The lowest BCUT2D eigenvalue weighted by molar-refractivity contribution is 0.625. The Morgan fingerprint density at radius 3 is 2.68 bits per heavy atom. The van der Waals surface area contributed by atoms with Gasteiger partial charge in [0, 0.05) is 23.5 Å². The van der Waals surface area contributed by atoms with Crippen molar-refractivity contribution in [3.8, 4) is 10.7 Å². The summed E-state index contributed by atoms with van der Waals surface area (Å²) >= 11 is 1.83. The zero-order chi connectivity index (χ0) is 15.5. The highest BCUT2D eigenvalue weighted by Gasteiger charge is 2.16. The van der Waals surface area contributed by atoms with E-state index in [2.05, 4.69) is 52.4 Å². The van der Waals surface area contributed by atoms with E-state index in [1.165, 1.54) is 9.75 Å². The summed E-state index contributed by atoms with van der Waals surface area (Å²) in [6.45, 7) is 6.63. The molecule has 4 nitrogen and oxygen atoms in total. The van der Waals surface area contributed by atoms with Gasteiger partial charge in [0.15, 0.2) is 5.82 Å². The smallest absolute Gasteiger partial charge is 0.150 e. The molecule has 0 aliphatic rings. The number of imidazole rings is 1. The molecule has 0 radical (unpaired) electrons. The minimum absolute atomic E-state index is 0.135. The number of hydrogen-bond acceptors (Lipinski definition) is 4. The standard InChI is InChI=1S/C17H20N4S/c1-12(2)10-14-4-5-16(22-14)17-19-8-9-21(17)13(3)15-6-7-18-11-20-15/h4-9,11-13H,10H2,1-3H3. The van der Waals surface area contributed by atoms with E-state index >= 15 is 0 Å². The third-order valence-corrected chi connectivity index (χ3v) is 4.71. The van der Waals surface area contributed by atoms with Crippen LogP contribution in [0.1, 0.15) is 37.4 Å². The molecule has 3 heterocycles. The van der Waals surface area contributed by atoms with Crippen molar-refractivity contribution in [3.05, 3.63) is 53.7 Å². The minimum atomic E-state index is 0.135. The van der Waals surface area contributed by atoms with Crippen molar-refractivity contribution >= 4 is 11.3 Å². The molecular formula is C17H20N4S. The van der Waals surface area contributed by atoms with Crippen LogP contribution in [0.15, 0.2) is 43.1 Å². The summed E-state index contributed by atoms with van der Waals surface area (Å²) in [7, 11) is 0. The summed E-state index contributed by atoms with van der Waals surface area (Å²) in [5, 5.41) is 0. The molecule has 114 valence electrons. The van der Waals surface area contributed by atoms with Gasteiger partial charge in [-0.05, 0) is 37.5 Å². The quantitative estimate of drug-likeness (QED) is 0.709. The molecule has 3 rings (SSSR count). The van der Waals surface area contributed by atoms with E-state index in [0.29, 0.717) is 5.92 Å². The summed E-state index contributed by atoms with van der Waals surface area (Å²) in [5.41, 5.74) is 0.994. The summed E-state index contributed by atoms with van der Waals surface area (Å²) in [4.78, 5) is 15.5. The molecular weight excluding hydrogens is 292 g/mol. The molecule has 1 atom stereocenters. The van der Waals surface area contributed by atoms with Crippen molar-refractivity contribution < 1.29 is 0 Å². The predicted molar refractivity (Wildman–Crippen MR) is 89.9 cm³/mol. The summed E-state index contributed by atoms with van der Waals surface area (Å²) < 4.78 is 2.17. The molecule has 0 fully saturated rings. The van der Waals surface area contributed by atoms with E-state index in [1.807, 2.05) is 29.8 Å². The zero-order valence-electron chi connectivity index (χ0n) is 13.1. The number of aromatic nitrogens is 4. The van der Waals surface area contributed by atoms with Gasteiger partial charge >= 0.3 is 0 Å². The maximum atomic E-state index is 4.56. The Labute approximate surface area is 134 Å². The van der Waals surface area contributed by atoms with Crippen LogP contribution in [0.4, 0.5) is 0 Å². The molecule has 0 saturated carbocycles. The van der Waals surface area contributed by atoms with Crippen molar-refractivity contribution in [1.29, 1.82) is 0 Å². The first-order chi connectivity index (χ1) is 10.6. The fourth-order valence-corrected chi connectivity index (χ4v) is 3.74. The second kappa shape index (κ2) is 6.40. The number of hydrogen-bond donors (Lipinski definition) is 0. The van der Waals surface area contributed by atoms with E-state index in [4.69, 9.17) is 0 Å². The molecule has 0 saturated heterocycles. The average Bonchev–Trinajstić information content (AvgIpc) is 3.15. The van der Waals surface area contributed by atoms with Crippen LogP contribution in [-0.2, 0) is 6.42 Å². The van der Waals surface area contributed by atoms with Crippen LogP contribution < -0.4 is 0 Å². The van der Waals surface area contributed by atoms with Gasteiger partial charge in [0.25, 0.3) is 0 Å². The molecule has 1 unspecified atom stereocenters. The van der Waals surface area contributed by atoms with Gasteiger partial charge in [-0.1, -0.05) is 13.8 Å². The summed E-state index contributed by atoms with van der Waals surface area (Å²) in [5.74, 6) is 1.68. The maximum Gasteiger partial charge on any atom is 0.150 e. The normalized spacial score (nSPS) is 12.7. The van der Waals surface area contributed by atoms with E-state index in [1.54, 1.807) is 12.5 Å². The highest BCUT2D eigenvalue weighted by atomic mass is 32.1. The Morgan fingerprint density at radius 1 is 1.09 bits per heavy atom. The highest BCUT2D eigenvalue weighted by Crippen LogP contribution is 2.31. The molecule has 0 aliphatic heterocycles. The van der Waals surface area contributed by atoms with Crippen LogP contribution in [0.25, 0.3) is 10.7 Å². The lowest BCUT2D eigenvalue weighted by atomic mass is 10.1. The van der Waals surface area contributed by atoms with Gasteiger partial charge < -0.3 is 4.57 Å². The maximum absolute atomic E-state index is 4.56. The zero-order valence-corrected chi connectivity index (χ0v) is 13.9. The Balaban J connectivity index is 1.90. The van der Waals surface area contributed by atoms with Gasteiger partial charge in [0.2, 0.25) is 0 Å². The Kier molecular flexibility index (Phi) is 4.34. The van der Waals surface area contributed by atoms with Crippen LogP contribution in [0.5, 0.6) is 0 Å². The van der Waals surface area contributed by atoms with Gasteiger partial charge in [-0.2, -0.15) is 0 Å². The molecule has 0 N–H and O–H groups in total. The van der Waals surface area contributed by atoms with Crippen LogP contribution in [-0.4, -0.2) is 19.5 Å². The third kappa shape index (κ3) is 3.09. The van der Waals surface area contributed by atoms with Gasteiger partial charge in [0.05, 0.1) is 16.6 Å². The van der Waals surface area contributed by atoms with Crippen LogP contribution in [0.2, 0.25) is 0 Å². The first-order valence-corrected chi connectivity index (χ1v) is 8.34. The Bertz CT molecular complexity index is 730. The highest BCUT2D eigenvalue weighted by molar-refractivity contribution is 7.15. The average molecular weight is 312 g/mol. The lowest BCUT2D eigenvalue weighted by Crippen LogP contribution is -2.08. The van der Waals surface area contributed by atoms with E-state index in [-0.39, 0.29) is 6.04 Å². The second-order valence-electron chi connectivity index (χ2n) is 5.83.